The molecule has 0 aliphatic rings. The molecular weight excluding hydrogens is 274 g/mol. The first kappa shape index (κ1) is 14.8. The first-order valence-corrected chi connectivity index (χ1v) is 6.20. The topological polar surface area (TPSA) is 21.1 Å². The number of nitrogens with zero attached hydrogens (tertiary/aromatic N) is 3. The quantitative estimate of drug-likeness (QED) is 0.806. The van der Waals surface area contributed by atoms with E-state index in [1.807, 2.05) is 6.92 Å². The van der Waals surface area contributed by atoms with Gasteiger partial charge in [-0.3, -0.25) is 4.90 Å². The molecule has 0 saturated carbocycles. The number of aryl methyl sites for hydroxylation is 1. The Morgan fingerprint density at radius 3 is 2.60 bits per heavy atom. The lowest BCUT2D eigenvalue weighted by molar-refractivity contribution is -0.144. The Balaban J connectivity index is 2.32. The van der Waals surface area contributed by atoms with E-state index in [0.29, 0.717) is 17.9 Å². The molecule has 1 aromatic carbocycles. The molecule has 0 amide bonds. The Bertz CT molecular complexity index is 603. The van der Waals surface area contributed by atoms with Crippen molar-refractivity contribution in [2.45, 2.75) is 26.2 Å². The monoisotopic (exact) mass is 289 g/mol. The lowest BCUT2D eigenvalue weighted by atomic mass is 10.3. The van der Waals surface area contributed by atoms with Crippen LogP contribution in [-0.2, 0) is 13.1 Å². The van der Waals surface area contributed by atoms with Crippen molar-refractivity contribution in [3.05, 3.63) is 29.8 Å². The minimum absolute atomic E-state index is 0.0153. The van der Waals surface area contributed by atoms with Gasteiger partial charge in [-0.25, -0.2) is 9.37 Å². The Morgan fingerprint density at radius 1 is 1.30 bits per heavy atom. The predicted octanol–water partition coefficient (Wildman–Crippen LogP) is 3.19. The lowest BCUT2D eigenvalue weighted by Gasteiger charge is -2.18. The number of imidazole rings is 1. The molecule has 1 heterocycles. The molecular formula is C13H15F4N3. The second-order valence-electron chi connectivity index (χ2n) is 4.67. The van der Waals surface area contributed by atoms with E-state index in [1.54, 1.807) is 16.7 Å². The first-order chi connectivity index (χ1) is 9.31. The normalized spacial score (nSPS) is 12.6. The zero-order valence-corrected chi connectivity index (χ0v) is 11.2. The van der Waals surface area contributed by atoms with Crippen LogP contribution in [0.15, 0.2) is 18.2 Å². The van der Waals surface area contributed by atoms with Gasteiger partial charge >= 0.3 is 6.18 Å². The Morgan fingerprint density at radius 2 is 2.00 bits per heavy atom. The Hall–Kier alpha value is -1.63. The molecule has 2 aromatic rings. The van der Waals surface area contributed by atoms with Crippen molar-refractivity contribution in [3.63, 3.8) is 0 Å². The molecule has 0 atom stereocenters. The van der Waals surface area contributed by atoms with Crippen LogP contribution in [0.5, 0.6) is 0 Å². The maximum Gasteiger partial charge on any atom is 0.401 e. The van der Waals surface area contributed by atoms with Gasteiger partial charge in [0.05, 0.1) is 18.6 Å². The molecule has 0 saturated heterocycles. The summed E-state index contributed by atoms with van der Waals surface area (Å²) in [7, 11) is 1.36. The van der Waals surface area contributed by atoms with Crippen LogP contribution in [0.4, 0.5) is 17.6 Å². The predicted molar refractivity (Wildman–Crippen MR) is 67.8 cm³/mol. The third-order valence-electron chi connectivity index (χ3n) is 2.99. The second kappa shape index (κ2) is 5.40. The van der Waals surface area contributed by atoms with Crippen molar-refractivity contribution < 1.29 is 17.6 Å². The molecule has 3 nitrogen and oxygen atoms in total. The number of aromatic nitrogens is 2. The van der Waals surface area contributed by atoms with Crippen molar-refractivity contribution in [2.75, 3.05) is 13.6 Å². The average Bonchev–Trinajstić information content (AvgIpc) is 2.65. The molecule has 110 valence electrons. The van der Waals surface area contributed by atoms with E-state index in [9.17, 15) is 17.6 Å². The van der Waals surface area contributed by atoms with Crippen LogP contribution in [0.2, 0.25) is 0 Å². The van der Waals surface area contributed by atoms with Gasteiger partial charge in [0.2, 0.25) is 0 Å². The maximum atomic E-state index is 13.7. The molecule has 0 N–H and O–H groups in total. The highest BCUT2D eigenvalue weighted by molar-refractivity contribution is 5.76. The summed E-state index contributed by atoms with van der Waals surface area (Å²) in [5.74, 6) is -0.0335. The number of fused-ring (bicyclic) bond motifs is 1. The van der Waals surface area contributed by atoms with Crippen LogP contribution in [-0.4, -0.2) is 34.2 Å². The summed E-state index contributed by atoms with van der Waals surface area (Å²) in [6.07, 6.45) is -4.26. The highest BCUT2D eigenvalue weighted by Gasteiger charge is 2.29. The van der Waals surface area contributed by atoms with Crippen molar-refractivity contribution in [1.29, 1.82) is 0 Å². The summed E-state index contributed by atoms with van der Waals surface area (Å²) >= 11 is 0. The minimum atomic E-state index is -4.26. The van der Waals surface area contributed by atoms with Gasteiger partial charge in [-0.2, -0.15) is 13.2 Å². The SMILES string of the molecule is CCn1c(CN(C)CC(F)(F)F)nc2c(F)cccc21. The number of halogens is 4. The fraction of sp³-hybridized carbons (Fsp3) is 0.462. The highest BCUT2D eigenvalue weighted by Crippen LogP contribution is 2.21. The van der Waals surface area contributed by atoms with Gasteiger partial charge in [0.15, 0.2) is 5.82 Å². The standard InChI is InChI=1S/C13H15F4N3/c1-3-20-10-6-4-5-9(14)12(10)18-11(20)7-19(2)8-13(15,16)17/h4-6H,3,7-8H2,1-2H3. The molecule has 0 spiro atoms. The summed E-state index contributed by atoms with van der Waals surface area (Å²) in [4.78, 5) is 5.25. The van der Waals surface area contributed by atoms with Crippen LogP contribution in [0, 0.1) is 5.82 Å². The van der Waals surface area contributed by atoms with Gasteiger partial charge < -0.3 is 4.57 Å². The fourth-order valence-electron chi connectivity index (χ4n) is 2.24. The largest absolute Gasteiger partial charge is 0.401 e. The summed E-state index contributed by atoms with van der Waals surface area (Å²) < 4.78 is 52.4. The summed E-state index contributed by atoms with van der Waals surface area (Å²) in [6, 6.07) is 4.56. The summed E-state index contributed by atoms with van der Waals surface area (Å²) in [5, 5.41) is 0. The third kappa shape index (κ3) is 3.09. The zero-order valence-electron chi connectivity index (χ0n) is 11.2. The molecule has 1 aromatic heterocycles. The van der Waals surface area contributed by atoms with Gasteiger partial charge in [0.1, 0.15) is 11.3 Å². The van der Waals surface area contributed by atoms with Gasteiger partial charge in [-0.15, -0.1) is 0 Å². The molecule has 0 unspecified atom stereocenters. The third-order valence-corrected chi connectivity index (χ3v) is 2.99. The number of para-hydroxylation sites is 1. The van der Waals surface area contributed by atoms with E-state index in [0.717, 1.165) is 4.90 Å². The summed E-state index contributed by atoms with van der Waals surface area (Å²) in [6.45, 7) is 1.36. The molecule has 0 aliphatic carbocycles. The molecule has 0 bridgehead atoms. The first-order valence-electron chi connectivity index (χ1n) is 6.20. The van der Waals surface area contributed by atoms with Gasteiger partial charge in [-0.1, -0.05) is 6.07 Å². The van der Waals surface area contributed by atoms with E-state index in [4.69, 9.17) is 0 Å². The number of rotatable bonds is 4. The smallest absolute Gasteiger partial charge is 0.327 e. The van der Waals surface area contributed by atoms with Crippen LogP contribution >= 0.6 is 0 Å². The number of alkyl halides is 3. The van der Waals surface area contributed by atoms with Gasteiger partial charge in [0.25, 0.3) is 0 Å². The van der Waals surface area contributed by atoms with E-state index < -0.39 is 18.5 Å². The maximum absolute atomic E-state index is 13.7. The van der Waals surface area contributed by atoms with Crippen molar-refractivity contribution >= 4 is 11.0 Å². The molecule has 7 heteroatoms. The van der Waals surface area contributed by atoms with E-state index in [1.165, 1.54) is 13.1 Å². The van der Waals surface area contributed by atoms with Crippen LogP contribution < -0.4 is 0 Å². The minimum Gasteiger partial charge on any atom is -0.327 e. The van der Waals surface area contributed by atoms with Crippen LogP contribution in [0.1, 0.15) is 12.7 Å². The fourth-order valence-corrected chi connectivity index (χ4v) is 2.24. The molecule has 0 aliphatic heterocycles. The van der Waals surface area contributed by atoms with E-state index in [2.05, 4.69) is 4.98 Å². The van der Waals surface area contributed by atoms with E-state index >= 15 is 0 Å². The molecule has 20 heavy (non-hydrogen) atoms. The van der Waals surface area contributed by atoms with Crippen LogP contribution in [0.3, 0.4) is 0 Å². The Labute approximate surface area is 113 Å². The number of hydrogen-bond acceptors (Lipinski definition) is 2. The average molecular weight is 289 g/mol. The van der Waals surface area contributed by atoms with Crippen molar-refractivity contribution in [2.24, 2.45) is 0 Å². The van der Waals surface area contributed by atoms with Crippen molar-refractivity contribution in [3.8, 4) is 0 Å². The molecule has 0 radical (unpaired) electrons. The highest BCUT2D eigenvalue weighted by atomic mass is 19.4. The number of hydrogen-bond donors (Lipinski definition) is 0. The Kier molecular flexibility index (Phi) is 3.99. The lowest BCUT2D eigenvalue weighted by Crippen LogP contribution is -2.31. The zero-order chi connectivity index (χ0) is 14.9. The van der Waals surface area contributed by atoms with Crippen molar-refractivity contribution in [1.82, 2.24) is 14.5 Å². The number of benzene rings is 1. The molecule has 2 rings (SSSR count). The van der Waals surface area contributed by atoms with Gasteiger partial charge in [-0.05, 0) is 26.1 Å². The summed E-state index contributed by atoms with van der Waals surface area (Å²) in [5.41, 5.74) is 0.799. The van der Waals surface area contributed by atoms with Gasteiger partial charge in [0, 0.05) is 6.54 Å². The van der Waals surface area contributed by atoms with E-state index in [-0.39, 0.29) is 12.1 Å². The second-order valence-corrected chi connectivity index (χ2v) is 4.67. The van der Waals surface area contributed by atoms with Crippen LogP contribution in [0.25, 0.3) is 11.0 Å². The molecule has 0 fully saturated rings.